The van der Waals surface area contributed by atoms with Crippen LogP contribution in [0.5, 0.6) is 5.75 Å². The number of aliphatic hydroxyl groups excluding tert-OH is 1. The van der Waals surface area contributed by atoms with Crippen molar-refractivity contribution in [3.05, 3.63) is 46.3 Å². The van der Waals surface area contributed by atoms with Gasteiger partial charge < -0.3 is 9.84 Å². The number of aliphatic hydroxyl groups is 1. The van der Waals surface area contributed by atoms with Gasteiger partial charge >= 0.3 is 0 Å². The van der Waals surface area contributed by atoms with Crippen LogP contribution in [0.3, 0.4) is 0 Å². The first kappa shape index (κ1) is 14.6. The van der Waals surface area contributed by atoms with Crippen LogP contribution in [-0.4, -0.2) is 22.0 Å². The summed E-state index contributed by atoms with van der Waals surface area (Å²) in [5.41, 5.74) is 4.69. The average molecular weight is 274 g/mol. The Hall–Kier alpha value is -1.81. The van der Waals surface area contributed by atoms with Crippen LogP contribution in [0.4, 0.5) is 0 Å². The summed E-state index contributed by atoms with van der Waals surface area (Å²) in [6.07, 6.45) is -0.666. The van der Waals surface area contributed by atoms with Crippen molar-refractivity contribution in [2.75, 3.05) is 7.11 Å². The largest absolute Gasteiger partial charge is 0.496 e. The van der Waals surface area contributed by atoms with Crippen LogP contribution in [0.1, 0.15) is 41.1 Å². The van der Waals surface area contributed by atoms with Gasteiger partial charge in [0.2, 0.25) is 0 Å². The molecule has 0 saturated carbocycles. The molecule has 4 nitrogen and oxygen atoms in total. The van der Waals surface area contributed by atoms with Gasteiger partial charge in [-0.25, -0.2) is 0 Å². The molecule has 1 aromatic carbocycles. The second-order valence-electron chi connectivity index (χ2n) is 5.11. The minimum Gasteiger partial charge on any atom is -0.496 e. The van der Waals surface area contributed by atoms with Gasteiger partial charge in [-0.15, -0.1) is 0 Å². The summed E-state index contributed by atoms with van der Waals surface area (Å²) < 4.78 is 7.16. The lowest BCUT2D eigenvalue weighted by molar-refractivity contribution is 0.207. The van der Waals surface area contributed by atoms with Crippen LogP contribution in [-0.2, 0) is 6.54 Å². The quantitative estimate of drug-likeness (QED) is 0.932. The monoisotopic (exact) mass is 274 g/mol. The Morgan fingerprint density at radius 2 is 1.90 bits per heavy atom. The van der Waals surface area contributed by atoms with Crippen molar-refractivity contribution in [1.82, 2.24) is 9.78 Å². The fourth-order valence-corrected chi connectivity index (χ4v) is 2.52. The number of rotatable bonds is 4. The highest BCUT2D eigenvalue weighted by atomic mass is 16.5. The van der Waals surface area contributed by atoms with E-state index in [1.165, 1.54) is 0 Å². The normalized spacial score (nSPS) is 12.5. The van der Waals surface area contributed by atoms with Gasteiger partial charge in [0, 0.05) is 6.54 Å². The summed E-state index contributed by atoms with van der Waals surface area (Å²) in [5, 5.41) is 15.1. The zero-order valence-electron chi connectivity index (χ0n) is 12.8. The predicted octanol–water partition coefficient (Wildman–Crippen LogP) is 2.92. The molecule has 0 saturated heterocycles. The molecule has 0 aliphatic heterocycles. The van der Waals surface area contributed by atoms with Crippen molar-refractivity contribution in [2.45, 2.75) is 40.3 Å². The highest BCUT2D eigenvalue weighted by Crippen LogP contribution is 2.30. The first-order valence-corrected chi connectivity index (χ1v) is 6.85. The van der Waals surface area contributed by atoms with Crippen molar-refractivity contribution >= 4 is 0 Å². The Balaban J connectivity index is 2.47. The molecule has 0 radical (unpaired) electrons. The number of ether oxygens (including phenoxy) is 1. The highest BCUT2D eigenvalue weighted by Gasteiger charge is 2.19. The van der Waals surface area contributed by atoms with Gasteiger partial charge in [0.1, 0.15) is 11.9 Å². The zero-order valence-corrected chi connectivity index (χ0v) is 12.8. The minimum absolute atomic E-state index is 0.666. The third kappa shape index (κ3) is 2.56. The van der Waals surface area contributed by atoms with E-state index in [9.17, 15) is 5.11 Å². The van der Waals surface area contributed by atoms with E-state index in [4.69, 9.17) is 4.74 Å². The molecule has 108 valence electrons. The average Bonchev–Trinajstić information content (AvgIpc) is 2.81. The molecule has 4 heteroatoms. The van der Waals surface area contributed by atoms with Gasteiger partial charge in [-0.3, -0.25) is 4.68 Å². The molecular formula is C16H22N2O2. The van der Waals surface area contributed by atoms with E-state index in [1.807, 2.05) is 50.6 Å². The van der Waals surface area contributed by atoms with Gasteiger partial charge in [0.15, 0.2) is 0 Å². The van der Waals surface area contributed by atoms with Gasteiger partial charge in [0.05, 0.1) is 18.5 Å². The number of methoxy groups -OCH3 is 1. The maximum Gasteiger partial charge on any atom is 0.122 e. The molecule has 1 atom stereocenters. The van der Waals surface area contributed by atoms with Crippen LogP contribution in [0.15, 0.2) is 18.2 Å². The molecule has 0 aliphatic rings. The Morgan fingerprint density at radius 3 is 2.50 bits per heavy atom. The zero-order chi connectivity index (χ0) is 14.9. The van der Waals surface area contributed by atoms with Crippen molar-refractivity contribution in [1.29, 1.82) is 0 Å². The standard InChI is InChI=1S/C16H22N2O2/c1-6-18-14(9-12(4)17-18)16(19)13-7-11(3)15(20-5)8-10(13)2/h7-9,16,19H,6H2,1-5H3. The number of hydrogen-bond acceptors (Lipinski definition) is 3. The lowest BCUT2D eigenvalue weighted by atomic mass is 9.98. The molecule has 1 unspecified atom stereocenters. The van der Waals surface area contributed by atoms with E-state index in [-0.39, 0.29) is 0 Å². The Kier molecular flexibility index (Phi) is 4.14. The van der Waals surface area contributed by atoms with Crippen LogP contribution in [0.2, 0.25) is 0 Å². The van der Waals surface area contributed by atoms with Gasteiger partial charge in [0.25, 0.3) is 0 Å². The van der Waals surface area contributed by atoms with E-state index in [0.717, 1.165) is 40.4 Å². The molecule has 1 heterocycles. The summed E-state index contributed by atoms with van der Waals surface area (Å²) in [4.78, 5) is 0. The molecule has 20 heavy (non-hydrogen) atoms. The lowest BCUT2D eigenvalue weighted by Crippen LogP contribution is -2.10. The molecule has 1 N–H and O–H groups in total. The summed E-state index contributed by atoms with van der Waals surface area (Å²) in [6, 6.07) is 5.89. The Labute approximate surface area is 120 Å². The number of aryl methyl sites for hydroxylation is 4. The summed E-state index contributed by atoms with van der Waals surface area (Å²) >= 11 is 0. The van der Waals surface area contributed by atoms with Crippen LogP contribution >= 0.6 is 0 Å². The molecule has 2 rings (SSSR count). The smallest absolute Gasteiger partial charge is 0.122 e. The molecule has 1 aromatic heterocycles. The van der Waals surface area contributed by atoms with Gasteiger partial charge in [-0.05, 0) is 62.6 Å². The van der Waals surface area contributed by atoms with E-state index < -0.39 is 6.10 Å². The Bertz CT molecular complexity index is 617. The maximum atomic E-state index is 10.7. The maximum absolute atomic E-state index is 10.7. The van der Waals surface area contributed by atoms with Crippen LogP contribution in [0.25, 0.3) is 0 Å². The predicted molar refractivity (Wildman–Crippen MR) is 79.2 cm³/mol. The van der Waals surface area contributed by atoms with Crippen LogP contribution < -0.4 is 4.74 Å². The highest BCUT2D eigenvalue weighted by molar-refractivity contribution is 5.44. The lowest BCUT2D eigenvalue weighted by Gasteiger charge is -2.17. The third-order valence-corrected chi connectivity index (χ3v) is 3.59. The number of nitrogens with zero attached hydrogens (tertiary/aromatic N) is 2. The van der Waals surface area contributed by atoms with E-state index >= 15 is 0 Å². The number of aromatic nitrogens is 2. The summed E-state index contributed by atoms with van der Waals surface area (Å²) in [5.74, 6) is 0.846. The molecule has 2 aromatic rings. The molecule has 0 fully saturated rings. The molecule has 0 aliphatic carbocycles. The van der Waals surface area contributed by atoms with Gasteiger partial charge in [-0.1, -0.05) is 0 Å². The van der Waals surface area contributed by atoms with Crippen molar-refractivity contribution < 1.29 is 9.84 Å². The summed E-state index contributed by atoms with van der Waals surface area (Å²) in [6.45, 7) is 8.68. The number of hydrogen-bond donors (Lipinski definition) is 1. The topological polar surface area (TPSA) is 47.3 Å². The van der Waals surface area contributed by atoms with E-state index in [0.29, 0.717) is 0 Å². The molecule has 0 amide bonds. The minimum atomic E-state index is -0.666. The van der Waals surface area contributed by atoms with Crippen molar-refractivity contribution in [2.24, 2.45) is 0 Å². The molecular weight excluding hydrogens is 252 g/mol. The Morgan fingerprint density at radius 1 is 1.20 bits per heavy atom. The first-order valence-electron chi connectivity index (χ1n) is 6.85. The molecule has 0 spiro atoms. The number of benzene rings is 1. The summed E-state index contributed by atoms with van der Waals surface area (Å²) in [7, 11) is 1.66. The van der Waals surface area contributed by atoms with E-state index in [1.54, 1.807) is 7.11 Å². The molecule has 0 bridgehead atoms. The fourth-order valence-electron chi connectivity index (χ4n) is 2.52. The van der Waals surface area contributed by atoms with Crippen LogP contribution in [0, 0.1) is 20.8 Å². The van der Waals surface area contributed by atoms with E-state index in [2.05, 4.69) is 5.10 Å². The third-order valence-electron chi connectivity index (χ3n) is 3.59. The van der Waals surface area contributed by atoms with Crippen molar-refractivity contribution in [3.63, 3.8) is 0 Å². The first-order chi connectivity index (χ1) is 9.47. The SMILES string of the molecule is CCn1nc(C)cc1C(O)c1cc(C)c(OC)cc1C. The van der Waals surface area contributed by atoms with Crippen molar-refractivity contribution in [3.8, 4) is 5.75 Å². The fraction of sp³-hybridized carbons (Fsp3) is 0.438. The second kappa shape index (κ2) is 5.67. The van der Waals surface area contributed by atoms with Gasteiger partial charge in [-0.2, -0.15) is 5.10 Å². The second-order valence-corrected chi connectivity index (χ2v) is 5.11.